The van der Waals surface area contributed by atoms with Crippen LogP contribution in [0.2, 0.25) is 0 Å². The molecular formula is C119H92N8. The Labute approximate surface area is 735 Å². The second-order valence-electron chi connectivity index (χ2n) is 35.7. The molecule has 28 rings (SSSR count). The zero-order valence-corrected chi connectivity index (χ0v) is 72.6. The van der Waals surface area contributed by atoms with Crippen molar-refractivity contribution in [3.63, 3.8) is 0 Å². The quantitative estimate of drug-likeness (QED) is 0.169. The van der Waals surface area contributed by atoms with Crippen molar-refractivity contribution in [2.75, 3.05) is 0 Å². The summed E-state index contributed by atoms with van der Waals surface area (Å²) >= 11 is 0. The lowest BCUT2D eigenvalue weighted by Crippen LogP contribution is -2.16. The van der Waals surface area contributed by atoms with Crippen molar-refractivity contribution in [1.29, 1.82) is 0 Å². The third-order valence-corrected chi connectivity index (χ3v) is 28.4. The van der Waals surface area contributed by atoms with Gasteiger partial charge < -0.3 is 36.5 Å². The van der Waals surface area contributed by atoms with Crippen LogP contribution in [0.1, 0.15) is 49.9 Å². The predicted molar refractivity (Wildman–Crippen MR) is 540 cm³/mol. The number of para-hydroxylation sites is 11. The molecule has 0 saturated carbocycles. The van der Waals surface area contributed by atoms with Crippen molar-refractivity contribution in [1.82, 2.24) is 36.5 Å². The van der Waals surface area contributed by atoms with Crippen LogP contribution < -0.4 is 0 Å². The number of aromatic nitrogens is 8. The average Bonchev–Trinajstić information content (AvgIpc) is 1.55. The summed E-state index contributed by atoms with van der Waals surface area (Å²) in [6, 6.07) is 142. The molecule has 0 N–H and O–H groups in total. The fraction of sp³-hybridized carbons (Fsp3) is 0.0924. The van der Waals surface area contributed by atoms with E-state index in [0.717, 1.165) is 0 Å². The zero-order chi connectivity index (χ0) is 85.4. The summed E-state index contributed by atoms with van der Waals surface area (Å²) in [5.74, 6) is 0. The molecule has 8 heterocycles. The monoisotopic (exact) mass is 1630 g/mol. The Morgan fingerprint density at radius 2 is 0.496 bits per heavy atom. The maximum atomic E-state index is 2.42. The van der Waals surface area contributed by atoms with E-state index < -0.39 is 0 Å². The predicted octanol–water partition coefficient (Wildman–Crippen LogP) is 30.6. The Bertz CT molecular complexity index is 8960. The highest BCUT2D eigenvalue weighted by atomic mass is 15.0. The standard InChI is InChI=1S/3C25H18N2.2C22H19N/c1-26-21-13-7-6-12-20(21)24-23(26)16-15-19-18-11-5-8-14-22(18)27(25(19)24)17-9-3-2-4-10-17;1-26-22-13-7-5-11-18(22)20-16-25-21(15-24(20)26)19-12-6-8-14-23(19)27(25)17-9-3-2-4-10-17;1-26-20-13-7-5-11-18(20)24-22(26)15-16-23-25(24)19-12-6-8-14-21(19)27(23)17-9-3-2-4-10-17;1-22(2)17-10-6-4-9-16(17)20-18(22)13-12-15-14-8-5-7-11-19(14)23(3)21(15)20;1-22(2)18-10-6-4-8-14(18)16-12-13-17-15-9-5-7-11-19(15)23(3)21(17)20(16)22/h3*2-16H,1H3;2*4-13H,1-3H3. The molecule has 2 aliphatic carbocycles. The van der Waals surface area contributed by atoms with E-state index in [4.69, 9.17) is 0 Å². The Hall–Kier alpha value is -15.6. The molecule has 18 aromatic carbocycles. The average molecular weight is 1630 g/mol. The Kier molecular flexibility index (Phi) is 17.0. The molecular weight excluding hydrogens is 1540 g/mol. The van der Waals surface area contributed by atoms with Gasteiger partial charge in [0.1, 0.15) is 0 Å². The third kappa shape index (κ3) is 11.1. The number of hydrogen-bond donors (Lipinski definition) is 0. The third-order valence-electron chi connectivity index (χ3n) is 28.4. The summed E-state index contributed by atoms with van der Waals surface area (Å²) < 4.78 is 18.8. The maximum Gasteiger partial charge on any atom is 0.0641 e. The lowest BCUT2D eigenvalue weighted by Gasteiger charge is -2.23. The van der Waals surface area contributed by atoms with E-state index in [1.54, 1.807) is 0 Å². The van der Waals surface area contributed by atoms with Gasteiger partial charge in [-0.2, -0.15) is 0 Å². The highest BCUT2D eigenvalue weighted by Crippen LogP contribution is 2.55. The van der Waals surface area contributed by atoms with Gasteiger partial charge in [0.25, 0.3) is 0 Å². The number of fused-ring (bicyclic) bond motifs is 34. The molecule has 0 atom stereocenters. The van der Waals surface area contributed by atoms with Crippen molar-refractivity contribution >= 4 is 174 Å². The highest BCUT2D eigenvalue weighted by molar-refractivity contribution is 6.30. The summed E-state index contributed by atoms with van der Waals surface area (Å²) in [5, 5.41) is 21.1. The van der Waals surface area contributed by atoms with Gasteiger partial charge in [0.15, 0.2) is 0 Å². The van der Waals surface area contributed by atoms with Crippen LogP contribution in [0.5, 0.6) is 0 Å². The van der Waals surface area contributed by atoms with Crippen LogP contribution in [-0.2, 0) is 46.1 Å². The first-order valence-electron chi connectivity index (χ1n) is 44.3. The minimum Gasteiger partial charge on any atom is -0.344 e. The fourth-order valence-electron chi connectivity index (χ4n) is 22.6. The first-order valence-corrected chi connectivity index (χ1v) is 44.3. The van der Waals surface area contributed by atoms with Gasteiger partial charge in [0, 0.05) is 193 Å². The largest absolute Gasteiger partial charge is 0.344 e. The van der Waals surface area contributed by atoms with Gasteiger partial charge in [0.05, 0.1) is 49.7 Å². The fourth-order valence-corrected chi connectivity index (χ4v) is 22.6. The molecule has 8 heteroatoms. The summed E-state index contributed by atoms with van der Waals surface area (Å²) in [5.41, 5.74) is 35.6. The van der Waals surface area contributed by atoms with Crippen LogP contribution in [0.15, 0.2) is 394 Å². The summed E-state index contributed by atoms with van der Waals surface area (Å²) in [4.78, 5) is 0. The van der Waals surface area contributed by atoms with Crippen molar-refractivity contribution in [2.24, 2.45) is 35.2 Å². The van der Waals surface area contributed by atoms with Crippen molar-refractivity contribution in [3.05, 3.63) is 417 Å². The lowest BCUT2D eigenvalue weighted by atomic mass is 9.81. The molecule has 0 bridgehead atoms. The van der Waals surface area contributed by atoms with E-state index in [2.05, 4.69) is 494 Å². The van der Waals surface area contributed by atoms with E-state index >= 15 is 0 Å². The minimum absolute atomic E-state index is 0.0353. The van der Waals surface area contributed by atoms with Crippen LogP contribution in [0.25, 0.3) is 214 Å². The molecule has 2 aliphatic rings. The molecule has 0 radical (unpaired) electrons. The maximum absolute atomic E-state index is 2.42. The molecule has 0 amide bonds. The molecule has 8 aromatic heterocycles. The minimum atomic E-state index is 0.0353. The van der Waals surface area contributed by atoms with Crippen LogP contribution >= 0.6 is 0 Å². The number of aryl methyl sites for hydroxylation is 5. The summed E-state index contributed by atoms with van der Waals surface area (Å²) in [6.07, 6.45) is 0. The van der Waals surface area contributed by atoms with E-state index in [1.165, 1.54) is 236 Å². The molecule has 0 unspecified atom stereocenters. The van der Waals surface area contributed by atoms with Crippen molar-refractivity contribution < 1.29 is 0 Å². The van der Waals surface area contributed by atoms with Gasteiger partial charge in [-0.3, -0.25) is 0 Å². The number of rotatable bonds is 3. The van der Waals surface area contributed by atoms with E-state index in [0.29, 0.717) is 0 Å². The Balaban J connectivity index is 0.0000000888. The van der Waals surface area contributed by atoms with Crippen LogP contribution in [0.3, 0.4) is 0 Å². The number of nitrogens with zero attached hydrogens (tertiary/aromatic N) is 8. The van der Waals surface area contributed by atoms with Gasteiger partial charge in [-0.1, -0.05) is 307 Å². The molecule has 0 aliphatic heterocycles. The Morgan fingerprint density at radius 1 is 0.173 bits per heavy atom. The smallest absolute Gasteiger partial charge is 0.0641 e. The second kappa shape index (κ2) is 28.7. The molecule has 608 valence electrons. The van der Waals surface area contributed by atoms with Gasteiger partial charge in [-0.15, -0.1) is 0 Å². The van der Waals surface area contributed by atoms with Gasteiger partial charge in [-0.25, -0.2) is 0 Å². The molecule has 8 nitrogen and oxygen atoms in total. The first kappa shape index (κ1) is 75.1. The second-order valence-corrected chi connectivity index (χ2v) is 35.7. The van der Waals surface area contributed by atoms with Crippen LogP contribution in [0, 0.1) is 0 Å². The number of hydrogen-bond acceptors (Lipinski definition) is 0. The van der Waals surface area contributed by atoms with Crippen molar-refractivity contribution in [3.8, 4) is 39.3 Å². The Morgan fingerprint density at radius 3 is 1.06 bits per heavy atom. The van der Waals surface area contributed by atoms with E-state index in [1.807, 2.05) is 0 Å². The van der Waals surface area contributed by atoms with Crippen LogP contribution in [0.4, 0.5) is 0 Å². The van der Waals surface area contributed by atoms with E-state index in [9.17, 15) is 0 Å². The first-order chi connectivity index (χ1) is 62.2. The van der Waals surface area contributed by atoms with Crippen LogP contribution in [-0.4, -0.2) is 36.5 Å². The topological polar surface area (TPSA) is 39.4 Å². The normalized spacial score (nSPS) is 13.0. The van der Waals surface area contributed by atoms with Gasteiger partial charge in [-0.05, 0) is 154 Å². The summed E-state index contributed by atoms with van der Waals surface area (Å²) in [7, 11) is 10.9. The summed E-state index contributed by atoms with van der Waals surface area (Å²) in [6.45, 7) is 9.39. The van der Waals surface area contributed by atoms with Gasteiger partial charge in [0.2, 0.25) is 0 Å². The number of benzene rings is 18. The van der Waals surface area contributed by atoms with Gasteiger partial charge >= 0.3 is 0 Å². The SMILES string of the molecule is Cn1c2ccccc2c2c1ccc1c3ccccc3n(-c3ccccc3)c12.Cn1c2ccccc2c2c3c4ccccc4n(-c4ccccc4)c3ccc21.Cn1c2ccccc2c2cc3c(cc21)c1ccccc1n3-c1ccccc1.Cn1c2ccccc2c2ccc3c(c21)-c1ccccc1C3(C)C.Cn1c2ccccc2c2ccc3c(c21)C(C)(C)c1ccccc1-3. The molecule has 0 spiro atoms. The highest BCUT2D eigenvalue weighted by Gasteiger charge is 2.39. The lowest BCUT2D eigenvalue weighted by molar-refractivity contribution is 0.660. The molecule has 26 aromatic rings. The molecule has 0 fully saturated rings. The zero-order valence-electron chi connectivity index (χ0n) is 72.6. The molecule has 0 saturated heterocycles. The van der Waals surface area contributed by atoms with Crippen molar-refractivity contribution in [2.45, 2.75) is 38.5 Å². The van der Waals surface area contributed by atoms with E-state index in [-0.39, 0.29) is 10.8 Å². The molecule has 127 heavy (non-hydrogen) atoms.